The maximum atomic E-state index is 13.5. The van der Waals surface area contributed by atoms with Crippen LogP contribution >= 0.6 is 0 Å². The van der Waals surface area contributed by atoms with Crippen LogP contribution in [0.5, 0.6) is 11.5 Å². The SMILES string of the molecule is CC(C)(O)C1Cc2c(O)c(C(=O)c3ccccc3)c3oc(=O)cc(-c4ccccc4)c3c2O1. The summed E-state index contributed by atoms with van der Waals surface area (Å²) in [6.07, 6.45) is -0.456. The molecule has 6 nitrogen and oxygen atoms in total. The van der Waals surface area contributed by atoms with E-state index in [-0.39, 0.29) is 23.3 Å². The van der Waals surface area contributed by atoms with Crippen LogP contribution in [0, 0.1) is 0 Å². The molecule has 1 aliphatic heterocycles. The van der Waals surface area contributed by atoms with Crippen LogP contribution in [-0.4, -0.2) is 27.7 Å². The summed E-state index contributed by atoms with van der Waals surface area (Å²) in [6, 6.07) is 19.1. The molecular formula is C27H22O6. The van der Waals surface area contributed by atoms with Crippen LogP contribution < -0.4 is 10.4 Å². The molecule has 166 valence electrons. The molecule has 6 heteroatoms. The second kappa shape index (κ2) is 7.60. The van der Waals surface area contributed by atoms with Crippen LogP contribution in [0.1, 0.15) is 35.3 Å². The molecule has 33 heavy (non-hydrogen) atoms. The Morgan fingerprint density at radius 3 is 2.30 bits per heavy atom. The molecule has 1 aliphatic rings. The van der Waals surface area contributed by atoms with Crippen molar-refractivity contribution in [3.05, 3.63) is 93.8 Å². The van der Waals surface area contributed by atoms with Crippen molar-refractivity contribution >= 4 is 16.8 Å². The van der Waals surface area contributed by atoms with Gasteiger partial charge in [0.15, 0.2) is 5.58 Å². The number of ketones is 1. The van der Waals surface area contributed by atoms with Crippen molar-refractivity contribution in [1.82, 2.24) is 0 Å². The molecule has 2 N–H and O–H groups in total. The van der Waals surface area contributed by atoms with E-state index in [1.807, 2.05) is 30.3 Å². The molecule has 0 saturated heterocycles. The van der Waals surface area contributed by atoms with Crippen LogP contribution in [0.4, 0.5) is 0 Å². The highest BCUT2D eigenvalue weighted by Crippen LogP contribution is 2.49. The molecule has 0 aliphatic carbocycles. The fourth-order valence-electron chi connectivity index (χ4n) is 4.28. The molecular weight excluding hydrogens is 420 g/mol. The van der Waals surface area contributed by atoms with Gasteiger partial charge in [-0.3, -0.25) is 4.79 Å². The zero-order chi connectivity index (χ0) is 23.3. The van der Waals surface area contributed by atoms with Gasteiger partial charge in [-0.2, -0.15) is 0 Å². The van der Waals surface area contributed by atoms with Gasteiger partial charge in [0.05, 0.1) is 11.0 Å². The largest absolute Gasteiger partial charge is 0.507 e. The first-order valence-electron chi connectivity index (χ1n) is 10.7. The average molecular weight is 442 g/mol. The third-order valence-electron chi connectivity index (χ3n) is 6.00. The van der Waals surface area contributed by atoms with Gasteiger partial charge in [-0.25, -0.2) is 4.79 Å². The van der Waals surface area contributed by atoms with E-state index in [0.717, 1.165) is 5.56 Å². The summed E-state index contributed by atoms with van der Waals surface area (Å²) in [6.45, 7) is 3.24. The third-order valence-corrected chi connectivity index (χ3v) is 6.00. The Bertz CT molecular complexity index is 1430. The Labute approximate surface area is 189 Å². The molecule has 0 bridgehead atoms. The highest BCUT2D eigenvalue weighted by Gasteiger charge is 2.40. The Balaban J connectivity index is 1.89. The minimum absolute atomic E-state index is 0.0390. The minimum Gasteiger partial charge on any atom is -0.507 e. The van der Waals surface area contributed by atoms with Crippen molar-refractivity contribution in [2.75, 3.05) is 0 Å². The van der Waals surface area contributed by atoms with Gasteiger partial charge in [0.1, 0.15) is 23.2 Å². The first-order valence-corrected chi connectivity index (χ1v) is 10.7. The molecule has 1 unspecified atom stereocenters. The van der Waals surface area contributed by atoms with E-state index < -0.39 is 23.1 Å². The molecule has 0 fully saturated rings. The lowest BCUT2D eigenvalue weighted by atomic mass is 9.90. The topological polar surface area (TPSA) is 97.0 Å². The number of benzene rings is 3. The quantitative estimate of drug-likeness (QED) is 0.358. The summed E-state index contributed by atoms with van der Waals surface area (Å²) in [4.78, 5) is 26.1. The third kappa shape index (κ3) is 3.49. The van der Waals surface area contributed by atoms with Crippen LogP contribution in [-0.2, 0) is 6.42 Å². The molecule has 1 atom stereocenters. The Hall–Kier alpha value is -3.90. The monoisotopic (exact) mass is 442 g/mol. The molecule has 2 heterocycles. The zero-order valence-corrected chi connectivity index (χ0v) is 18.2. The van der Waals surface area contributed by atoms with Crippen molar-refractivity contribution in [2.24, 2.45) is 0 Å². The molecule has 3 aromatic carbocycles. The van der Waals surface area contributed by atoms with Crippen LogP contribution in [0.15, 0.2) is 75.9 Å². The molecule has 0 radical (unpaired) electrons. The minimum atomic E-state index is -1.20. The maximum Gasteiger partial charge on any atom is 0.336 e. The number of aliphatic hydroxyl groups is 1. The van der Waals surface area contributed by atoms with Gasteiger partial charge >= 0.3 is 5.63 Å². The van der Waals surface area contributed by atoms with Crippen LogP contribution in [0.2, 0.25) is 0 Å². The molecule has 5 rings (SSSR count). The number of aromatic hydroxyl groups is 1. The fourth-order valence-corrected chi connectivity index (χ4v) is 4.28. The molecule has 0 spiro atoms. The number of fused-ring (bicyclic) bond motifs is 3. The van der Waals surface area contributed by atoms with Gasteiger partial charge in [-0.05, 0) is 19.4 Å². The van der Waals surface area contributed by atoms with E-state index in [2.05, 4.69) is 0 Å². The summed E-state index contributed by atoms with van der Waals surface area (Å²) in [5, 5.41) is 22.2. The number of carbonyl (C=O) groups excluding carboxylic acids is 1. The molecule has 0 amide bonds. The molecule has 1 aromatic heterocycles. The van der Waals surface area contributed by atoms with Gasteiger partial charge in [-0.1, -0.05) is 60.7 Å². The number of carbonyl (C=O) groups is 1. The normalized spacial score (nSPS) is 15.3. The summed E-state index contributed by atoms with van der Waals surface area (Å²) in [5.74, 6) is -0.464. The summed E-state index contributed by atoms with van der Waals surface area (Å²) < 4.78 is 11.7. The zero-order valence-electron chi connectivity index (χ0n) is 18.2. The lowest BCUT2D eigenvalue weighted by Crippen LogP contribution is -2.39. The number of phenols is 1. The van der Waals surface area contributed by atoms with Crippen molar-refractivity contribution in [3.63, 3.8) is 0 Å². The van der Waals surface area contributed by atoms with E-state index in [1.54, 1.807) is 44.2 Å². The number of hydrogen-bond donors (Lipinski definition) is 2. The van der Waals surface area contributed by atoms with Crippen molar-refractivity contribution in [3.8, 4) is 22.6 Å². The second-order valence-corrected chi connectivity index (χ2v) is 8.74. The summed E-state index contributed by atoms with van der Waals surface area (Å²) in [7, 11) is 0. The lowest BCUT2D eigenvalue weighted by molar-refractivity contribution is -0.0225. The van der Waals surface area contributed by atoms with E-state index in [9.17, 15) is 19.8 Å². The Morgan fingerprint density at radius 2 is 1.67 bits per heavy atom. The van der Waals surface area contributed by atoms with E-state index >= 15 is 0 Å². The first kappa shape index (κ1) is 21.0. The van der Waals surface area contributed by atoms with Crippen molar-refractivity contribution in [2.45, 2.75) is 32.0 Å². The fraction of sp³-hybridized carbons (Fsp3) is 0.185. The van der Waals surface area contributed by atoms with Crippen LogP contribution in [0.25, 0.3) is 22.1 Å². The lowest BCUT2D eigenvalue weighted by Gasteiger charge is -2.24. The number of ether oxygens (including phenoxy) is 1. The summed E-state index contributed by atoms with van der Waals surface area (Å²) in [5.41, 5.74) is 0.0183. The van der Waals surface area contributed by atoms with Gasteiger partial charge in [0, 0.05) is 29.2 Å². The Morgan fingerprint density at radius 1 is 1.03 bits per heavy atom. The molecule has 4 aromatic rings. The predicted molar refractivity (Wildman–Crippen MR) is 124 cm³/mol. The van der Waals surface area contributed by atoms with Gasteiger partial charge < -0.3 is 19.4 Å². The summed E-state index contributed by atoms with van der Waals surface area (Å²) >= 11 is 0. The van der Waals surface area contributed by atoms with Gasteiger partial charge in [-0.15, -0.1) is 0 Å². The van der Waals surface area contributed by atoms with Crippen LogP contribution in [0.3, 0.4) is 0 Å². The van der Waals surface area contributed by atoms with E-state index in [4.69, 9.17) is 9.15 Å². The predicted octanol–water partition coefficient (Wildman–Crippen LogP) is 4.47. The van der Waals surface area contributed by atoms with E-state index in [0.29, 0.717) is 27.8 Å². The maximum absolute atomic E-state index is 13.5. The second-order valence-electron chi connectivity index (χ2n) is 8.74. The number of hydrogen-bond acceptors (Lipinski definition) is 6. The average Bonchev–Trinajstić information content (AvgIpc) is 3.26. The number of phenolic OH excluding ortho intramolecular Hbond substituents is 1. The van der Waals surface area contributed by atoms with Gasteiger partial charge in [0.2, 0.25) is 5.78 Å². The molecule has 0 saturated carbocycles. The van der Waals surface area contributed by atoms with Crippen molar-refractivity contribution < 1.29 is 24.2 Å². The Kier molecular flexibility index (Phi) is 4.83. The highest BCUT2D eigenvalue weighted by atomic mass is 16.5. The first-order chi connectivity index (χ1) is 15.8. The standard InChI is InChI=1S/C27H22O6/c1-27(2,31)19-13-18-24(30)22(23(29)16-11-7-4-8-12-16)26-21(25(18)32-19)17(14-20(28)33-26)15-9-5-3-6-10-15/h3-12,14,19,30-31H,13H2,1-2H3. The highest BCUT2D eigenvalue weighted by molar-refractivity contribution is 6.20. The van der Waals surface area contributed by atoms with Crippen molar-refractivity contribution in [1.29, 1.82) is 0 Å². The smallest absolute Gasteiger partial charge is 0.336 e. The van der Waals surface area contributed by atoms with E-state index in [1.165, 1.54) is 6.07 Å². The van der Waals surface area contributed by atoms with Gasteiger partial charge in [0.25, 0.3) is 0 Å². The number of rotatable bonds is 4.